The third kappa shape index (κ3) is 4.52. The van der Waals surface area contributed by atoms with Gasteiger partial charge in [0.05, 0.1) is 0 Å². The van der Waals surface area contributed by atoms with Gasteiger partial charge in [-0.1, -0.05) is 72.3 Å². The third-order valence-corrected chi connectivity index (χ3v) is 5.98. The number of hydrogen-bond donors (Lipinski definition) is 2. The molecule has 1 aliphatic rings. The summed E-state index contributed by atoms with van der Waals surface area (Å²) in [6.07, 6.45) is 3.23. The second kappa shape index (κ2) is 8.81. The van der Waals surface area contributed by atoms with Gasteiger partial charge >= 0.3 is 0 Å². The van der Waals surface area contributed by atoms with Gasteiger partial charge in [-0.2, -0.15) is 0 Å². The Bertz CT molecular complexity index is 1000. The summed E-state index contributed by atoms with van der Waals surface area (Å²) >= 11 is 6.24. The summed E-state index contributed by atoms with van der Waals surface area (Å²) in [4.78, 5) is 13.3. The summed E-state index contributed by atoms with van der Waals surface area (Å²) < 4.78 is 0. The largest absolute Gasteiger partial charge is 0.324 e. The first-order valence-electron chi connectivity index (χ1n) is 10.1. The van der Waals surface area contributed by atoms with Crippen LogP contribution in [0, 0.1) is 6.92 Å². The lowest BCUT2D eigenvalue weighted by molar-refractivity contribution is -0.118. The Kier molecular flexibility index (Phi) is 5.98. The van der Waals surface area contributed by atoms with E-state index in [0.717, 1.165) is 30.4 Å². The number of rotatable bonds is 5. The minimum atomic E-state index is -0.451. The molecule has 0 heterocycles. The summed E-state index contributed by atoms with van der Waals surface area (Å²) in [6.45, 7) is 1.95. The summed E-state index contributed by atoms with van der Waals surface area (Å²) in [5.41, 5.74) is 5.31. The molecule has 0 unspecified atom stereocenters. The van der Waals surface area contributed by atoms with Crippen LogP contribution in [-0.2, 0) is 11.2 Å². The fourth-order valence-electron chi connectivity index (χ4n) is 3.98. The summed E-state index contributed by atoms with van der Waals surface area (Å²) in [6, 6.07) is 23.7. The van der Waals surface area contributed by atoms with Crippen LogP contribution in [0.2, 0.25) is 5.02 Å². The van der Waals surface area contributed by atoms with Crippen LogP contribution < -0.4 is 10.6 Å². The number of halogens is 1. The lowest BCUT2D eigenvalue weighted by Crippen LogP contribution is -2.36. The van der Waals surface area contributed by atoms with Crippen molar-refractivity contribution in [2.75, 3.05) is 5.32 Å². The molecule has 1 aliphatic carbocycles. The van der Waals surface area contributed by atoms with Gasteiger partial charge < -0.3 is 5.32 Å². The van der Waals surface area contributed by atoms with Gasteiger partial charge in [0.1, 0.15) is 6.04 Å². The zero-order valence-electron chi connectivity index (χ0n) is 16.5. The lowest BCUT2D eigenvalue weighted by Gasteiger charge is -2.30. The van der Waals surface area contributed by atoms with Gasteiger partial charge in [-0.15, -0.1) is 0 Å². The van der Waals surface area contributed by atoms with Crippen molar-refractivity contribution in [3.63, 3.8) is 0 Å². The van der Waals surface area contributed by atoms with E-state index in [1.165, 1.54) is 11.1 Å². The van der Waals surface area contributed by atoms with Crippen LogP contribution in [0.5, 0.6) is 0 Å². The molecule has 0 aliphatic heterocycles. The smallest absolute Gasteiger partial charge is 0.246 e. The minimum Gasteiger partial charge on any atom is -0.324 e. The van der Waals surface area contributed by atoms with E-state index in [1.54, 1.807) is 6.07 Å². The highest BCUT2D eigenvalue weighted by Crippen LogP contribution is 2.32. The number of carbonyl (C=O) groups excluding carboxylic acids is 1. The molecule has 3 aromatic carbocycles. The fourth-order valence-corrected chi connectivity index (χ4v) is 4.16. The predicted octanol–water partition coefficient (Wildman–Crippen LogP) is 6.00. The highest BCUT2D eigenvalue weighted by Gasteiger charge is 2.27. The Hall–Kier alpha value is -2.62. The van der Waals surface area contributed by atoms with Crippen molar-refractivity contribution in [3.8, 4) is 0 Å². The van der Waals surface area contributed by atoms with E-state index >= 15 is 0 Å². The molecule has 0 saturated carbocycles. The number of aryl methyl sites for hydroxylation is 2. The maximum absolute atomic E-state index is 13.3. The fraction of sp³-hybridized carbons (Fsp3) is 0.240. The minimum absolute atomic E-state index is 0.0841. The van der Waals surface area contributed by atoms with Crippen molar-refractivity contribution in [1.29, 1.82) is 0 Å². The van der Waals surface area contributed by atoms with Gasteiger partial charge in [0.25, 0.3) is 0 Å². The third-order valence-electron chi connectivity index (χ3n) is 5.57. The van der Waals surface area contributed by atoms with Crippen LogP contribution in [0.25, 0.3) is 0 Å². The van der Waals surface area contributed by atoms with Crippen LogP contribution in [-0.4, -0.2) is 5.91 Å². The molecule has 0 radical (unpaired) electrons. The molecule has 2 N–H and O–H groups in total. The van der Waals surface area contributed by atoms with Crippen LogP contribution in [0.15, 0.2) is 72.8 Å². The maximum Gasteiger partial charge on any atom is 0.246 e. The van der Waals surface area contributed by atoms with Crippen LogP contribution in [0.1, 0.15) is 47.2 Å². The number of nitrogens with one attached hydrogen (secondary N) is 2. The first-order chi connectivity index (χ1) is 14.1. The molecule has 2 atom stereocenters. The van der Waals surface area contributed by atoms with Gasteiger partial charge in [0.2, 0.25) is 5.91 Å². The molecule has 148 valence electrons. The van der Waals surface area contributed by atoms with Crippen molar-refractivity contribution in [2.45, 2.75) is 38.3 Å². The van der Waals surface area contributed by atoms with Gasteiger partial charge in [0, 0.05) is 16.8 Å². The number of anilines is 1. The molecule has 4 rings (SSSR count). The molecule has 0 bridgehead atoms. The molecule has 3 nitrogen and oxygen atoms in total. The van der Waals surface area contributed by atoms with Crippen molar-refractivity contribution >= 4 is 23.2 Å². The zero-order chi connectivity index (χ0) is 20.2. The zero-order valence-corrected chi connectivity index (χ0v) is 17.2. The van der Waals surface area contributed by atoms with E-state index in [1.807, 2.05) is 49.4 Å². The number of amides is 1. The van der Waals surface area contributed by atoms with E-state index < -0.39 is 6.04 Å². The number of benzene rings is 3. The lowest BCUT2D eigenvalue weighted by atomic mass is 9.87. The normalized spacial score (nSPS) is 16.7. The van der Waals surface area contributed by atoms with Gasteiger partial charge in [-0.25, -0.2) is 0 Å². The molecule has 0 fully saturated rings. The van der Waals surface area contributed by atoms with E-state index in [9.17, 15) is 4.79 Å². The summed E-state index contributed by atoms with van der Waals surface area (Å²) in [7, 11) is 0. The van der Waals surface area contributed by atoms with Crippen LogP contribution in [0.4, 0.5) is 5.69 Å². The standard InChI is InChI=1S/C25H25ClN2O/c1-17-14-15-20(16-22(17)26)27-25(29)24(19-9-3-2-4-10-19)28-23-13-7-11-18-8-5-6-12-21(18)23/h2-6,8-10,12,14-16,23-24,28H,7,11,13H2,1H3,(H,27,29)/t23-,24+/m1/s1. The molecule has 3 aromatic rings. The molecule has 29 heavy (non-hydrogen) atoms. The topological polar surface area (TPSA) is 41.1 Å². The number of hydrogen-bond acceptors (Lipinski definition) is 2. The second-order valence-corrected chi connectivity index (χ2v) is 8.01. The molecular weight excluding hydrogens is 380 g/mol. The van der Waals surface area contributed by atoms with Crippen molar-refractivity contribution in [1.82, 2.24) is 5.32 Å². The average Bonchev–Trinajstić information content (AvgIpc) is 2.75. The molecular formula is C25H25ClN2O. The van der Waals surface area contributed by atoms with Gasteiger partial charge in [0.15, 0.2) is 0 Å². The second-order valence-electron chi connectivity index (χ2n) is 7.61. The molecule has 1 amide bonds. The first kappa shape index (κ1) is 19.7. The predicted molar refractivity (Wildman–Crippen MR) is 119 cm³/mol. The van der Waals surface area contributed by atoms with Gasteiger partial charge in [-0.3, -0.25) is 10.1 Å². The Morgan fingerprint density at radius 1 is 1.03 bits per heavy atom. The first-order valence-corrected chi connectivity index (χ1v) is 10.5. The van der Waals surface area contributed by atoms with E-state index in [0.29, 0.717) is 10.7 Å². The Balaban J connectivity index is 1.61. The quantitative estimate of drug-likeness (QED) is 0.547. The summed E-state index contributed by atoms with van der Waals surface area (Å²) in [5, 5.41) is 7.31. The Labute approximate surface area is 177 Å². The molecule has 0 aromatic heterocycles. The van der Waals surface area contributed by atoms with Crippen LogP contribution in [0.3, 0.4) is 0 Å². The van der Waals surface area contributed by atoms with Crippen molar-refractivity contribution in [2.24, 2.45) is 0 Å². The SMILES string of the molecule is Cc1ccc(NC(=O)[C@@H](N[C@@H]2CCCc3ccccc32)c2ccccc2)cc1Cl. The molecule has 0 spiro atoms. The Morgan fingerprint density at radius 2 is 1.79 bits per heavy atom. The molecule has 4 heteroatoms. The van der Waals surface area contributed by atoms with Crippen molar-refractivity contribution < 1.29 is 4.79 Å². The molecule has 0 saturated heterocycles. The van der Waals surface area contributed by atoms with Crippen LogP contribution >= 0.6 is 11.6 Å². The summed E-state index contributed by atoms with van der Waals surface area (Å²) in [5.74, 6) is -0.0841. The van der Waals surface area contributed by atoms with Crippen molar-refractivity contribution in [3.05, 3.63) is 100 Å². The van der Waals surface area contributed by atoms with E-state index in [2.05, 4.69) is 34.9 Å². The van der Waals surface area contributed by atoms with E-state index in [4.69, 9.17) is 11.6 Å². The Morgan fingerprint density at radius 3 is 2.59 bits per heavy atom. The monoisotopic (exact) mass is 404 g/mol. The number of fused-ring (bicyclic) bond motifs is 1. The highest BCUT2D eigenvalue weighted by molar-refractivity contribution is 6.31. The maximum atomic E-state index is 13.3. The highest BCUT2D eigenvalue weighted by atomic mass is 35.5. The number of carbonyl (C=O) groups is 1. The average molecular weight is 405 g/mol. The van der Waals surface area contributed by atoms with Gasteiger partial charge in [-0.05, 0) is 60.6 Å². The van der Waals surface area contributed by atoms with E-state index in [-0.39, 0.29) is 11.9 Å².